The second-order valence-corrected chi connectivity index (χ2v) is 6.29. The van der Waals surface area contributed by atoms with Gasteiger partial charge >= 0.3 is 0 Å². The van der Waals surface area contributed by atoms with Gasteiger partial charge in [-0.3, -0.25) is 4.99 Å². The lowest BCUT2D eigenvalue weighted by molar-refractivity contribution is 0.0531. The number of hydrogen-bond donors (Lipinski definition) is 2. The van der Waals surface area contributed by atoms with E-state index in [0.717, 1.165) is 37.5 Å². The first kappa shape index (κ1) is 17.3. The van der Waals surface area contributed by atoms with Crippen LogP contribution in [0.25, 0.3) is 0 Å². The van der Waals surface area contributed by atoms with Crippen molar-refractivity contribution in [3.8, 4) is 5.75 Å². The highest BCUT2D eigenvalue weighted by atomic mass is 16.5. The van der Waals surface area contributed by atoms with E-state index in [1.54, 1.807) is 7.11 Å². The lowest BCUT2D eigenvalue weighted by atomic mass is 9.74. The van der Waals surface area contributed by atoms with Gasteiger partial charge < -0.3 is 20.5 Å². The van der Waals surface area contributed by atoms with Crippen LogP contribution in [0.4, 0.5) is 5.69 Å². The topological polar surface area (TPSA) is 68.9 Å². The smallest absolute Gasteiger partial charge is 0.193 e. The van der Waals surface area contributed by atoms with E-state index in [1.165, 1.54) is 5.56 Å². The minimum Gasteiger partial charge on any atom is -0.495 e. The molecule has 2 aromatic carbocycles. The molecular formula is C20H25N3O2. The van der Waals surface area contributed by atoms with Gasteiger partial charge in [0, 0.05) is 18.6 Å². The van der Waals surface area contributed by atoms with Crippen molar-refractivity contribution in [3.05, 3.63) is 60.2 Å². The highest BCUT2D eigenvalue weighted by Gasteiger charge is 2.34. The maximum absolute atomic E-state index is 6.14. The van der Waals surface area contributed by atoms with E-state index in [1.807, 2.05) is 30.3 Å². The van der Waals surface area contributed by atoms with Gasteiger partial charge in [-0.15, -0.1) is 0 Å². The fourth-order valence-electron chi connectivity index (χ4n) is 3.25. The van der Waals surface area contributed by atoms with Gasteiger partial charge in [-0.1, -0.05) is 42.5 Å². The summed E-state index contributed by atoms with van der Waals surface area (Å²) < 4.78 is 10.9. The van der Waals surface area contributed by atoms with Crippen molar-refractivity contribution >= 4 is 11.6 Å². The Morgan fingerprint density at radius 2 is 1.80 bits per heavy atom. The predicted octanol–water partition coefficient (Wildman–Crippen LogP) is 3.17. The molecule has 0 atom stereocenters. The number of para-hydroxylation sites is 2. The largest absolute Gasteiger partial charge is 0.495 e. The number of methoxy groups -OCH3 is 1. The molecular weight excluding hydrogens is 314 g/mol. The molecule has 0 aromatic heterocycles. The van der Waals surface area contributed by atoms with Crippen LogP contribution in [0.5, 0.6) is 5.75 Å². The third kappa shape index (κ3) is 4.12. The number of anilines is 1. The lowest BCUT2D eigenvalue weighted by Gasteiger charge is -2.36. The van der Waals surface area contributed by atoms with E-state index in [9.17, 15) is 0 Å². The number of hydrogen-bond acceptors (Lipinski definition) is 3. The van der Waals surface area contributed by atoms with Crippen molar-refractivity contribution in [2.45, 2.75) is 18.3 Å². The molecule has 0 saturated carbocycles. The Labute approximate surface area is 148 Å². The summed E-state index contributed by atoms with van der Waals surface area (Å²) in [7, 11) is 1.64. The fraction of sp³-hybridized carbons (Fsp3) is 0.350. The van der Waals surface area contributed by atoms with Crippen molar-refractivity contribution in [1.82, 2.24) is 0 Å². The number of benzene rings is 2. The molecule has 0 bridgehead atoms. The van der Waals surface area contributed by atoms with E-state index in [2.05, 4.69) is 34.6 Å². The molecule has 2 aromatic rings. The molecule has 0 spiro atoms. The zero-order chi connectivity index (χ0) is 17.5. The number of nitrogens with one attached hydrogen (secondary N) is 1. The van der Waals surface area contributed by atoms with Crippen LogP contribution in [0.15, 0.2) is 59.6 Å². The summed E-state index contributed by atoms with van der Waals surface area (Å²) >= 11 is 0. The Kier molecular flexibility index (Phi) is 5.56. The van der Waals surface area contributed by atoms with Crippen molar-refractivity contribution < 1.29 is 9.47 Å². The standard InChI is InChI=1S/C20H25N3O2/c1-24-18-10-6-5-9-17(18)23-19(21)22-15-20(11-13-25-14-12-20)16-7-3-2-4-8-16/h2-10H,11-15H2,1H3,(H3,21,22,23). The monoisotopic (exact) mass is 339 g/mol. The van der Waals surface area contributed by atoms with Gasteiger partial charge in [0.1, 0.15) is 5.75 Å². The van der Waals surface area contributed by atoms with Crippen molar-refractivity contribution in [2.24, 2.45) is 10.7 Å². The van der Waals surface area contributed by atoms with E-state index >= 15 is 0 Å². The molecule has 5 heteroatoms. The predicted molar refractivity (Wildman–Crippen MR) is 101 cm³/mol. The summed E-state index contributed by atoms with van der Waals surface area (Å²) in [6.45, 7) is 2.14. The fourth-order valence-corrected chi connectivity index (χ4v) is 3.25. The number of guanidine groups is 1. The summed E-state index contributed by atoms with van der Waals surface area (Å²) in [5, 5.41) is 3.14. The molecule has 1 fully saturated rings. The number of ether oxygens (including phenoxy) is 2. The summed E-state index contributed by atoms with van der Waals surface area (Å²) in [4.78, 5) is 4.64. The number of nitrogens with two attached hydrogens (primary N) is 1. The second-order valence-electron chi connectivity index (χ2n) is 6.29. The zero-order valence-corrected chi connectivity index (χ0v) is 14.6. The van der Waals surface area contributed by atoms with Gasteiger partial charge in [-0.25, -0.2) is 0 Å². The van der Waals surface area contributed by atoms with Crippen LogP contribution in [0.2, 0.25) is 0 Å². The average molecular weight is 339 g/mol. The van der Waals surface area contributed by atoms with E-state index in [-0.39, 0.29) is 5.41 Å². The van der Waals surface area contributed by atoms with Crippen LogP contribution in [0.3, 0.4) is 0 Å². The summed E-state index contributed by atoms with van der Waals surface area (Å²) in [6, 6.07) is 18.2. The van der Waals surface area contributed by atoms with Gasteiger partial charge in [0.25, 0.3) is 0 Å². The molecule has 0 radical (unpaired) electrons. The Morgan fingerprint density at radius 1 is 1.12 bits per heavy atom. The Morgan fingerprint density at radius 3 is 2.52 bits per heavy atom. The van der Waals surface area contributed by atoms with Crippen LogP contribution in [0, 0.1) is 0 Å². The number of rotatable bonds is 5. The molecule has 1 heterocycles. The van der Waals surface area contributed by atoms with Gasteiger partial charge in [0.2, 0.25) is 0 Å². The molecule has 0 amide bonds. The number of aliphatic imine (C=N–C) groups is 1. The average Bonchev–Trinajstić information content (AvgIpc) is 2.68. The first-order valence-electron chi connectivity index (χ1n) is 8.57. The first-order valence-corrected chi connectivity index (χ1v) is 8.57. The van der Waals surface area contributed by atoms with Gasteiger partial charge in [0.15, 0.2) is 5.96 Å². The van der Waals surface area contributed by atoms with Crippen LogP contribution < -0.4 is 15.8 Å². The molecule has 5 nitrogen and oxygen atoms in total. The van der Waals surface area contributed by atoms with E-state index in [4.69, 9.17) is 15.2 Å². The third-order valence-corrected chi connectivity index (χ3v) is 4.76. The van der Waals surface area contributed by atoms with E-state index < -0.39 is 0 Å². The third-order valence-electron chi connectivity index (χ3n) is 4.76. The molecule has 25 heavy (non-hydrogen) atoms. The van der Waals surface area contributed by atoms with Crippen molar-refractivity contribution in [2.75, 3.05) is 32.2 Å². The van der Waals surface area contributed by atoms with Crippen molar-refractivity contribution in [3.63, 3.8) is 0 Å². The molecule has 0 unspecified atom stereocenters. The molecule has 3 rings (SSSR count). The number of nitrogens with zero attached hydrogens (tertiary/aromatic N) is 1. The van der Waals surface area contributed by atoms with Gasteiger partial charge in [-0.05, 0) is 30.5 Å². The van der Waals surface area contributed by atoms with Crippen LogP contribution >= 0.6 is 0 Å². The molecule has 1 saturated heterocycles. The molecule has 1 aliphatic heterocycles. The quantitative estimate of drug-likeness (QED) is 0.648. The van der Waals surface area contributed by atoms with E-state index in [0.29, 0.717) is 12.5 Å². The molecule has 0 aliphatic carbocycles. The van der Waals surface area contributed by atoms with Crippen LogP contribution in [0.1, 0.15) is 18.4 Å². The van der Waals surface area contributed by atoms with Gasteiger partial charge in [-0.2, -0.15) is 0 Å². The Balaban J connectivity index is 1.77. The second kappa shape index (κ2) is 8.03. The maximum Gasteiger partial charge on any atom is 0.193 e. The summed E-state index contributed by atoms with van der Waals surface area (Å²) in [5.74, 6) is 1.13. The first-order chi connectivity index (χ1) is 12.2. The molecule has 3 N–H and O–H groups in total. The maximum atomic E-state index is 6.14. The zero-order valence-electron chi connectivity index (χ0n) is 14.6. The highest BCUT2D eigenvalue weighted by Crippen LogP contribution is 2.35. The minimum atomic E-state index is -0.0212. The highest BCUT2D eigenvalue weighted by molar-refractivity contribution is 5.93. The summed E-state index contributed by atoms with van der Waals surface area (Å²) in [6.07, 6.45) is 1.89. The van der Waals surface area contributed by atoms with Gasteiger partial charge in [0.05, 0.1) is 19.3 Å². The SMILES string of the molecule is COc1ccccc1NC(N)=NCC1(c2ccccc2)CCOCC1. The Hall–Kier alpha value is -2.53. The molecule has 132 valence electrons. The lowest BCUT2D eigenvalue weighted by Crippen LogP contribution is -2.38. The van der Waals surface area contributed by atoms with Crippen molar-refractivity contribution in [1.29, 1.82) is 0 Å². The van der Waals surface area contributed by atoms with Crippen LogP contribution in [-0.4, -0.2) is 32.8 Å². The summed E-state index contributed by atoms with van der Waals surface area (Å²) in [5.41, 5.74) is 8.22. The Bertz CT molecular complexity index is 710. The minimum absolute atomic E-state index is 0.0212. The molecule has 1 aliphatic rings. The normalized spacial score (nSPS) is 17.1. The van der Waals surface area contributed by atoms with Crippen LogP contribution in [-0.2, 0) is 10.2 Å².